The van der Waals surface area contributed by atoms with Gasteiger partial charge >= 0.3 is 11.9 Å². The van der Waals surface area contributed by atoms with E-state index in [2.05, 4.69) is 91.8 Å². The number of carboxylic acids is 1. The van der Waals surface area contributed by atoms with Gasteiger partial charge in [-0.1, -0.05) is 150 Å². The maximum atomic E-state index is 13.9. The van der Waals surface area contributed by atoms with E-state index in [0.29, 0.717) is 24.3 Å². The smallest absolute Gasteiger partial charge is 0.344 e. The molecule has 2 unspecified atom stereocenters. The summed E-state index contributed by atoms with van der Waals surface area (Å²) < 4.78 is 75.1. The molecule has 12 nitrogen and oxygen atoms in total. The van der Waals surface area contributed by atoms with E-state index in [4.69, 9.17) is 19.3 Å². The Kier molecular flexibility index (Phi) is 19.0. The SMILES string of the molecule is Cc1cc(-c2ccc(S(=O)(=O)N(C)C3CCCCc4c(OCC(=O)O)cccc43)cc2)cc(C(C)(C)C)c1.Cc1cc(-c2ccc(S(=O)(=O)N(C)C3CCCCc4c(OCC(=O)OC(C)(C)C)cccc43)cc2)cc(C(C)(C)C)c1. The molecule has 0 amide bonds. The number of aliphatic carboxylic acids is 1. The van der Waals surface area contributed by atoms with Gasteiger partial charge in [0.05, 0.1) is 21.9 Å². The van der Waals surface area contributed by atoms with Gasteiger partial charge in [0.2, 0.25) is 20.0 Å². The molecule has 2 atom stereocenters. The lowest BCUT2D eigenvalue weighted by molar-refractivity contribution is -0.157. The predicted octanol–water partition coefficient (Wildman–Crippen LogP) is 14.3. The van der Waals surface area contributed by atoms with Gasteiger partial charge in [-0.15, -0.1) is 0 Å². The Morgan fingerprint density at radius 1 is 0.525 bits per heavy atom. The van der Waals surface area contributed by atoms with Crippen LogP contribution in [0.1, 0.15) is 157 Å². The van der Waals surface area contributed by atoms with E-state index in [1.165, 1.54) is 30.9 Å². The molecule has 0 aliphatic heterocycles. The Hall–Kier alpha value is -6.32. The summed E-state index contributed by atoms with van der Waals surface area (Å²) in [6, 6.07) is 37.8. The maximum Gasteiger partial charge on any atom is 0.344 e. The minimum absolute atomic E-state index is 0.0142. The second kappa shape index (κ2) is 24.8. The van der Waals surface area contributed by atoms with Crippen molar-refractivity contribution in [2.24, 2.45) is 0 Å². The number of hydrogen-bond donors (Lipinski definition) is 1. The monoisotopic (exact) mass is 1130 g/mol. The average molecular weight is 1130 g/mol. The fraction of sp³-hybridized carbons (Fsp3) is 0.424. The lowest BCUT2D eigenvalue weighted by Gasteiger charge is -2.29. The van der Waals surface area contributed by atoms with Gasteiger partial charge in [-0.25, -0.2) is 26.4 Å². The number of aryl methyl sites for hydroxylation is 2. The van der Waals surface area contributed by atoms with Crippen molar-refractivity contribution in [2.75, 3.05) is 27.3 Å². The summed E-state index contributed by atoms with van der Waals surface area (Å²) in [6.07, 6.45) is 6.39. The van der Waals surface area contributed by atoms with Crippen LogP contribution in [0, 0.1) is 13.8 Å². The van der Waals surface area contributed by atoms with Crippen LogP contribution in [0.4, 0.5) is 0 Å². The van der Waals surface area contributed by atoms with E-state index in [9.17, 15) is 26.4 Å². The van der Waals surface area contributed by atoms with E-state index in [1.54, 1.807) is 50.5 Å². The molecule has 0 bridgehead atoms. The molecule has 6 aromatic rings. The number of fused-ring (bicyclic) bond motifs is 2. The molecular formula is C66H82N2O10S2. The molecule has 2 aliphatic carbocycles. The van der Waals surface area contributed by atoms with Gasteiger partial charge in [0.25, 0.3) is 0 Å². The second-order valence-electron chi connectivity index (χ2n) is 24.5. The number of ether oxygens (including phenoxy) is 3. The van der Waals surface area contributed by atoms with Crippen LogP contribution in [0.3, 0.4) is 0 Å². The lowest BCUT2D eigenvalue weighted by atomic mass is 9.84. The summed E-state index contributed by atoms with van der Waals surface area (Å²) in [7, 11) is -4.26. The molecule has 8 rings (SSSR count). The highest BCUT2D eigenvalue weighted by atomic mass is 32.2. The van der Waals surface area contributed by atoms with Gasteiger partial charge in [0.15, 0.2) is 13.2 Å². The largest absolute Gasteiger partial charge is 0.482 e. The van der Waals surface area contributed by atoms with Crippen LogP contribution in [0.25, 0.3) is 22.3 Å². The molecule has 2 aliphatic rings. The standard InChI is InChI=1S/C35H45NO5S.C31H37NO5S/c1-24-20-26(22-27(21-24)34(2,3)4)25-16-18-28(19-17-25)42(38,39)36(8)31-14-10-9-12-30-29(31)13-11-15-32(30)40-23-33(37)41-35(5,6)7;1-21-17-23(19-24(18-21)31(2,3)4)22-13-15-25(16-14-22)38(35,36)32(5)28-11-7-6-9-27-26(28)10-8-12-29(27)37-20-30(33)34/h11,13,15-22,31H,9-10,12,14,23H2,1-8H3;8,10,12-19,28H,6-7,9,11,20H2,1-5H3,(H,33,34). The first-order valence-corrected chi connectivity index (χ1v) is 30.7. The zero-order chi connectivity index (χ0) is 58.5. The van der Waals surface area contributed by atoms with E-state index in [1.807, 2.05) is 69.3 Å². The third-order valence-electron chi connectivity index (χ3n) is 15.0. The number of carbonyl (C=O) groups is 2. The summed E-state index contributed by atoms with van der Waals surface area (Å²) in [5.41, 5.74) is 12.0. The van der Waals surface area contributed by atoms with Crippen LogP contribution in [0.5, 0.6) is 11.5 Å². The quantitative estimate of drug-likeness (QED) is 0.0822. The van der Waals surface area contributed by atoms with Crippen molar-refractivity contribution in [3.8, 4) is 33.8 Å². The Bertz CT molecular complexity index is 3410. The number of carboxylic acid groups (broad SMARTS) is 1. The van der Waals surface area contributed by atoms with Crippen LogP contribution >= 0.6 is 0 Å². The topological polar surface area (TPSA) is 157 Å². The molecule has 0 saturated heterocycles. The predicted molar refractivity (Wildman–Crippen MR) is 318 cm³/mol. The molecule has 428 valence electrons. The number of benzene rings is 6. The first-order chi connectivity index (χ1) is 37.4. The van der Waals surface area contributed by atoms with Crippen LogP contribution in [0.2, 0.25) is 0 Å². The van der Waals surface area contributed by atoms with Gasteiger partial charge in [-0.2, -0.15) is 8.61 Å². The lowest BCUT2D eigenvalue weighted by Crippen LogP contribution is -2.31. The number of carbonyl (C=O) groups excluding carboxylic acids is 1. The summed E-state index contributed by atoms with van der Waals surface area (Å²) in [5.74, 6) is -0.363. The van der Waals surface area contributed by atoms with E-state index in [0.717, 1.165) is 83.0 Å². The fourth-order valence-corrected chi connectivity index (χ4v) is 13.4. The molecule has 0 saturated carbocycles. The van der Waals surface area contributed by atoms with Crippen molar-refractivity contribution in [1.82, 2.24) is 8.61 Å². The van der Waals surface area contributed by atoms with Crippen molar-refractivity contribution in [2.45, 2.75) is 166 Å². The molecule has 14 heteroatoms. The van der Waals surface area contributed by atoms with Crippen LogP contribution < -0.4 is 9.47 Å². The Balaban J connectivity index is 0.000000232. The number of esters is 1. The third-order valence-corrected chi connectivity index (χ3v) is 18.7. The molecule has 0 spiro atoms. The minimum atomic E-state index is -3.78. The summed E-state index contributed by atoms with van der Waals surface area (Å²) in [5, 5.41) is 9.05. The highest BCUT2D eigenvalue weighted by Crippen LogP contribution is 2.42. The van der Waals surface area contributed by atoms with Crippen LogP contribution in [0.15, 0.2) is 131 Å². The van der Waals surface area contributed by atoms with Gasteiger partial charge in [0, 0.05) is 14.1 Å². The van der Waals surface area contributed by atoms with E-state index >= 15 is 0 Å². The second-order valence-corrected chi connectivity index (χ2v) is 28.5. The molecule has 0 aromatic heterocycles. The van der Waals surface area contributed by atoms with Gasteiger partial charge in [-0.05, 0) is 176 Å². The highest BCUT2D eigenvalue weighted by Gasteiger charge is 2.35. The van der Waals surface area contributed by atoms with Crippen molar-refractivity contribution in [3.05, 3.63) is 166 Å². The Labute approximate surface area is 476 Å². The molecule has 0 heterocycles. The van der Waals surface area contributed by atoms with E-state index < -0.39 is 44.2 Å². The van der Waals surface area contributed by atoms with Crippen molar-refractivity contribution in [3.63, 3.8) is 0 Å². The third kappa shape index (κ3) is 15.0. The number of rotatable bonds is 14. The molecular weight excluding hydrogens is 1040 g/mol. The van der Waals surface area contributed by atoms with Crippen molar-refractivity contribution >= 4 is 32.0 Å². The maximum absolute atomic E-state index is 13.9. The molecule has 80 heavy (non-hydrogen) atoms. The average Bonchev–Trinajstić information content (AvgIpc) is 3.88. The normalized spacial score (nSPS) is 16.1. The highest BCUT2D eigenvalue weighted by molar-refractivity contribution is 7.89. The zero-order valence-corrected chi connectivity index (χ0v) is 50.7. The van der Waals surface area contributed by atoms with E-state index in [-0.39, 0.29) is 39.3 Å². The fourth-order valence-electron chi connectivity index (χ4n) is 10.7. The number of hydrogen-bond acceptors (Lipinski definition) is 9. The van der Waals surface area contributed by atoms with Crippen LogP contribution in [-0.4, -0.2) is 75.4 Å². The van der Waals surface area contributed by atoms with Crippen LogP contribution in [-0.2, 0) is 58.0 Å². The molecule has 0 radical (unpaired) electrons. The zero-order valence-electron chi connectivity index (χ0n) is 49.1. The summed E-state index contributed by atoms with van der Waals surface area (Å²) >= 11 is 0. The Morgan fingerprint density at radius 3 is 1.27 bits per heavy atom. The van der Waals surface area contributed by atoms with Crippen molar-refractivity contribution in [1.29, 1.82) is 0 Å². The molecule has 1 N–H and O–H groups in total. The number of nitrogens with zero attached hydrogens (tertiary/aromatic N) is 2. The van der Waals surface area contributed by atoms with Gasteiger partial charge in [-0.3, -0.25) is 0 Å². The summed E-state index contributed by atoms with van der Waals surface area (Å²) in [6.45, 7) is 22.1. The summed E-state index contributed by atoms with van der Waals surface area (Å²) in [4.78, 5) is 23.8. The van der Waals surface area contributed by atoms with Gasteiger partial charge < -0.3 is 19.3 Å². The first-order valence-electron chi connectivity index (χ1n) is 27.8. The van der Waals surface area contributed by atoms with Crippen molar-refractivity contribution < 1.29 is 45.7 Å². The molecule has 6 aromatic carbocycles. The number of sulfonamides is 2. The molecule has 0 fully saturated rings. The van der Waals surface area contributed by atoms with Gasteiger partial charge in [0.1, 0.15) is 17.1 Å². The minimum Gasteiger partial charge on any atom is -0.482 e. The first kappa shape index (κ1) is 61.3. The Morgan fingerprint density at radius 2 is 0.912 bits per heavy atom.